The van der Waals surface area contributed by atoms with Gasteiger partial charge in [-0.2, -0.15) is 0 Å². The Labute approximate surface area is 183 Å². The van der Waals surface area contributed by atoms with Crippen molar-refractivity contribution in [2.75, 3.05) is 18.6 Å². The number of aromatic nitrogens is 3. The van der Waals surface area contributed by atoms with Crippen molar-refractivity contribution in [3.63, 3.8) is 0 Å². The number of thiazole rings is 1. The zero-order chi connectivity index (χ0) is 21.8. The summed E-state index contributed by atoms with van der Waals surface area (Å²) in [6, 6.07) is 12.5. The first kappa shape index (κ1) is 20.7. The van der Waals surface area contributed by atoms with Gasteiger partial charge >= 0.3 is 0 Å². The summed E-state index contributed by atoms with van der Waals surface area (Å²) in [5.74, 6) is 0.491. The maximum Gasteiger partial charge on any atom is 0.260 e. The van der Waals surface area contributed by atoms with Crippen LogP contribution in [-0.4, -0.2) is 39.9 Å². The van der Waals surface area contributed by atoms with Crippen LogP contribution in [0.3, 0.4) is 0 Å². The van der Waals surface area contributed by atoms with Crippen LogP contribution >= 0.6 is 11.3 Å². The third-order valence-corrected chi connectivity index (χ3v) is 6.01. The van der Waals surface area contributed by atoms with Crippen molar-refractivity contribution in [3.8, 4) is 5.75 Å². The number of aryl methyl sites for hydroxylation is 1. The maximum atomic E-state index is 13.4. The van der Waals surface area contributed by atoms with Gasteiger partial charge in [-0.15, -0.1) is 0 Å². The number of amides is 1. The number of para-hydroxylation sites is 1. The third-order valence-electron chi connectivity index (χ3n) is 4.96. The molecule has 0 saturated carbocycles. The van der Waals surface area contributed by atoms with Crippen LogP contribution < -0.4 is 9.64 Å². The minimum Gasteiger partial charge on any atom is -0.494 e. The van der Waals surface area contributed by atoms with E-state index in [0.29, 0.717) is 28.6 Å². The van der Waals surface area contributed by atoms with Crippen LogP contribution in [0, 0.1) is 0 Å². The second kappa shape index (κ2) is 9.09. The van der Waals surface area contributed by atoms with Gasteiger partial charge in [-0.25, -0.2) is 9.97 Å². The number of ether oxygens (including phenoxy) is 1. The minimum atomic E-state index is -0.154. The summed E-state index contributed by atoms with van der Waals surface area (Å²) in [7, 11) is 1.61. The predicted molar refractivity (Wildman–Crippen MR) is 121 cm³/mol. The van der Waals surface area contributed by atoms with Crippen molar-refractivity contribution >= 4 is 38.4 Å². The zero-order valence-corrected chi connectivity index (χ0v) is 18.1. The topological polar surface area (TPSA) is 77.3 Å². The molecule has 7 nitrogen and oxygen atoms in total. The van der Waals surface area contributed by atoms with E-state index in [2.05, 4.69) is 4.98 Å². The van der Waals surface area contributed by atoms with Crippen LogP contribution in [0.5, 0.6) is 5.75 Å². The number of Topliss-reactive ketones (excluding diaryl/α,β-unsaturated/α-hetero) is 1. The zero-order valence-electron chi connectivity index (χ0n) is 17.3. The van der Waals surface area contributed by atoms with Gasteiger partial charge in [0.15, 0.2) is 10.9 Å². The number of benzene rings is 2. The lowest BCUT2D eigenvalue weighted by Crippen LogP contribution is -2.32. The first-order valence-corrected chi connectivity index (χ1v) is 10.7. The molecule has 2 heterocycles. The molecule has 31 heavy (non-hydrogen) atoms. The van der Waals surface area contributed by atoms with E-state index in [1.807, 2.05) is 29.0 Å². The largest absolute Gasteiger partial charge is 0.494 e. The van der Waals surface area contributed by atoms with Crippen molar-refractivity contribution < 1.29 is 14.3 Å². The molecular weight excluding hydrogens is 412 g/mol. The van der Waals surface area contributed by atoms with Crippen molar-refractivity contribution in [3.05, 3.63) is 72.3 Å². The third kappa shape index (κ3) is 4.49. The number of ketones is 1. The Kier molecular flexibility index (Phi) is 6.08. The van der Waals surface area contributed by atoms with E-state index in [9.17, 15) is 9.59 Å². The molecule has 0 unspecified atom stereocenters. The Morgan fingerprint density at radius 2 is 1.90 bits per heavy atom. The number of carbonyl (C=O) groups is 2. The monoisotopic (exact) mass is 434 g/mol. The summed E-state index contributed by atoms with van der Waals surface area (Å²) in [5.41, 5.74) is 1.83. The molecule has 0 saturated heterocycles. The molecule has 2 aromatic heterocycles. The lowest BCUT2D eigenvalue weighted by Gasteiger charge is -2.20. The molecule has 0 spiro atoms. The maximum absolute atomic E-state index is 13.4. The van der Waals surface area contributed by atoms with Gasteiger partial charge in [-0.1, -0.05) is 29.5 Å². The molecule has 0 atom stereocenters. The smallest absolute Gasteiger partial charge is 0.260 e. The van der Waals surface area contributed by atoms with Crippen LogP contribution in [0.25, 0.3) is 10.2 Å². The van der Waals surface area contributed by atoms with E-state index >= 15 is 0 Å². The summed E-state index contributed by atoms with van der Waals surface area (Å²) in [6.45, 7) is 2.74. The number of rotatable bonds is 8. The average Bonchev–Trinajstić information content (AvgIpc) is 3.45. The van der Waals surface area contributed by atoms with Crippen LogP contribution in [0.2, 0.25) is 0 Å². The molecule has 4 rings (SSSR count). The van der Waals surface area contributed by atoms with Gasteiger partial charge in [-0.05, 0) is 37.6 Å². The summed E-state index contributed by atoms with van der Waals surface area (Å²) in [5, 5.41) is 0.616. The molecule has 1 amide bonds. The molecule has 0 aliphatic rings. The van der Waals surface area contributed by atoms with E-state index in [1.54, 1.807) is 48.8 Å². The Balaban J connectivity index is 1.65. The van der Waals surface area contributed by atoms with Crippen molar-refractivity contribution in [2.45, 2.75) is 19.9 Å². The number of methoxy groups -OCH3 is 1. The van der Waals surface area contributed by atoms with E-state index in [0.717, 1.165) is 23.2 Å². The van der Waals surface area contributed by atoms with Gasteiger partial charge in [0.1, 0.15) is 11.3 Å². The fraction of sp³-hybridized carbons (Fsp3) is 0.217. The average molecular weight is 435 g/mol. The summed E-state index contributed by atoms with van der Waals surface area (Å²) in [6.07, 6.45) is 6.13. The molecule has 2 aromatic carbocycles. The summed E-state index contributed by atoms with van der Waals surface area (Å²) >= 11 is 1.45. The molecule has 4 aromatic rings. The lowest BCUT2D eigenvalue weighted by atomic mass is 10.1. The first-order chi connectivity index (χ1) is 15.1. The summed E-state index contributed by atoms with van der Waals surface area (Å²) < 4.78 is 8.36. The standard InChI is InChI=1S/C23H22N4O3S/c1-16(28)17-7-9-18(10-8-17)22(29)27(13-4-12-26-14-11-24-15-26)23-25-21-19(30-2)5-3-6-20(21)31-23/h3,5-11,14-15H,4,12-13H2,1-2H3. The number of carbonyl (C=O) groups excluding carboxylic acids is 2. The fourth-order valence-corrected chi connectivity index (χ4v) is 4.32. The number of nitrogens with zero attached hydrogens (tertiary/aromatic N) is 4. The highest BCUT2D eigenvalue weighted by Gasteiger charge is 2.22. The number of hydrogen-bond donors (Lipinski definition) is 0. The first-order valence-electron chi connectivity index (χ1n) is 9.89. The molecule has 0 aliphatic heterocycles. The lowest BCUT2D eigenvalue weighted by molar-refractivity contribution is 0.0982. The SMILES string of the molecule is COc1cccc2sc(N(CCCn3ccnc3)C(=O)c3ccc(C(C)=O)cc3)nc12. The van der Waals surface area contributed by atoms with Gasteiger partial charge in [0.05, 0.1) is 18.1 Å². The highest BCUT2D eigenvalue weighted by atomic mass is 32.1. The van der Waals surface area contributed by atoms with Gasteiger partial charge in [0.2, 0.25) is 0 Å². The van der Waals surface area contributed by atoms with Crippen LogP contribution in [0.4, 0.5) is 5.13 Å². The normalized spacial score (nSPS) is 10.9. The Hall–Kier alpha value is -3.52. The number of anilines is 1. The molecule has 0 radical (unpaired) electrons. The van der Waals surface area contributed by atoms with Gasteiger partial charge in [-0.3, -0.25) is 14.5 Å². The highest BCUT2D eigenvalue weighted by Crippen LogP contribution is 2.34. The van der Waals surface area contributed by atoms with Crippen LogP contribution in [-0.2, 0) is 6.54 Å². The van der Waals surface area contributed by atoms with E-state index in [4.69, 9.17) is 9.72 Å². The van der Waals surface area contributed by atoms with Gasteiger partial charge < -0.3 is 9.30 Å². The molecule has 158 valence electrons. The molecule has 0 N–H and O–H groups in total. The molecule has 0 bridgehead atoms. The number of imidazole rings is 1. The fourth-order valence-electron chi connectivity index (χ4n) is 3.31. The van der Waals surface area contributed by atoms with Gasteiger partial charge in [0, 0.05) is 36.6 Å². The molecule has 8 heteroatoms. The Morgan fingerprint density at radius 3 is 2.58 bits per heavy atom. The Morgan fingerprint density at radius 1 is 1.13 bits per heavy atom. The van der Waals surface area contributed by atoms with Crippen LogP contribution in [0.15, 0.2) is 61.2 Å². The van der Waals surface area contributed by atoms with Gasteiger partial charge in [0.25, 0.3) is 5.91 Å². The number of hydrogen-bond acceptors (Lipinski definition) is 6. The summed E-state index contributed by atoms with van der Waals surface area (Å²) in [4.78, 5) is 35.5. The predicted octanol–water partition coefficient (Wildman–Crippen LogP) is 4.44. The van der Waals surface area contributed by atoms with E-state index < -0.39 is 0 Å². The second-order valence-electron chi connectivity index (χ2n) is 7.05. The minimum absolute atomic E-state index is 0.0329. The molecule has 0 fully saturated rings. The van der Waals surface area contributed by atoms with E-state index in [1.165, 1.54) is 18.3 Å². The molecule has 0 aliphatic carbocycles. The Bertz CT molecular complexity index is 1200. The van der Waals surface area contributed by atoms with Crippen molar-refractivity contribution in [1.29, 1.82) is 0 Å². The van der Waals surface area contributed by atoms with Crippen LogP contribution in [0.1, 0.15) is 34.1 Å². The quantitative estimate of drug-likeness (QED) is 0.383. The molecular formula is C23H22N4O3S. The highest BCUT2D eigenvalue weighted by molar-refractivity contribution is 7.22. The van der Waals surface area contributed by atoms with E-state index in [-0.39, 0.29) is 11.7 Å². The second-order valence-corrected chi connectivity index (χ2v) is 8.06. The van der Waals surface area contributed by atoms with Crippen molar-refractivity contribution in [1.82, 2.24) is 14.5 Å². The van der Waals surface area contributed by atoms with Crippen molar-refractivity contribution in [2.24, 2.45) is 0 Å². The number of fused-ring (bicyclic) bond motifs is 1.